The summed E-state index contributed by atoms with van der Waals surface area (Å²) in [6, 6.07) is 7.51. The van der Waals surface area contributed by atoms with E-state index < -0.39 is 5.97 Å². The average molecular weight is 271 g/mol. The van der Waals surface area contributed by atoms with Crippen molar-refractivity contribution in [1.82, 2.24) is 10.2 Å². The highest BCUT2D eigenvalue weighted by molar-refractivity contribution is 6.03. The first-order valence-corrected chi connectivity index (χ1v) is 6.49. The zero-order chi connectivity index (χ0) is 14.5. The Labute approximate surface area is 117 Å². The maximum absolute atomic E-state index is 12.0. The smallest absolute Gasteiger partial charge is 0.361 e. The fraction of sp³-hybridized carbons (Fsp3) is 0.267. The predicted octanol–water partition coefficient (Wildman–Crippen LogP) is 2.79. The lowest BCUT2D eigenvalue weighted by Gasteiger charge is -2.15. The van der Waals surface area contributed by atoms with Crippen LogP contribution in [0.15, 0.2) is 36.9 Å². The van der Waals surface area contributed by atoms with Crippen molar-refractivity contribution >= 4 is 22.6 Å². The molecule has 0 saturated heterocycles. The average Bonchev–Trinajstić information content (AvgIpc) is 2.47. The second-order valence-corrected chi connectivity index (χ2v) is 4.33. The maximum atomic E-state index is 12.0. The van der Waals surface area contributed by atoms with E-state index in [0.717, 1.165) is 10.9 Å². The van der Waals surface area contributed by atoms with Crippen molar-refractivity contribution in [3.63, 3.8) is 0 Å². The van der Waals surface area contributed by atoms with Gasteiger partial charge in [0.15, 0.2) is 5.69 Å². The quantitative estimate of drug-likeness (QED) is 0.669. The summed E-state index contributed by atoms with van der Waals surface area (Å²) < 4.78 is 5.03. The molecule has 2 aromatic rings. The number of nitrogens with zero attached hydrogens (tertiary/aromatic N) is 2. The van der Waals surface area contributed by atoms with E-state index >= 15 is 0 Å². The molecule has 1 aromatic carbocycles. The van der Waals surface area contributed by atoms with Gasteiger partial charge in [-0.15, -0.1) is 16.8 Å². The number of carbonyl (C=O) groups excluding carboxylic acids is 1. The van der Waals surface area contributed by atoms with E-state index in [2.05, 4.69) is 22.1 Å². The standard InChI is InChI=1S/C15H17N3O2/c1-4-10(3)16-13-11-8-6-7-9-12(11)17-18-14(13)15(19)20-5-2/h4,6-10H,1,5H2,2-3H3,(H,16,17). The molecular weight excluding hydrogens is 254 g/mol. The van der Waals surface area contributed by atoms with Crippen LogP contribution in [-0.2, 0) is 4.74 Å². The van der Waals surface area contributed by atoms with Crippen molar-refractivity contribution in [1.29, 1.82) is 0 Å². The summed E-state index contributed by atoms with van der Waals surface area (Å²) in [5, 5.41) is 12.1. The molecule has 1 atom stereocenters. The van der Waals surface area contributed by atoms with E-state index in [0.29, 0.717) is 12.3 Å². The van der Waals surface area contributed by atoms with Crippen molar-refractivity contribution in [3.05, 3.63) is 42.6 Å². The highest BCUT2D eigenvalue weighted by atomic mass is 16.5. The molecule has 1 heterocycles. The molecule has 0 bridgehead atoms. The van der Waals surface area contributed by atoms with Crippen LogP contribution in [0.2, 0.25) is 0 Å². The summed E-state index contributed by atoms with van der Waals surface area (Å²) in [5.74, 6) is -0.482. The third kappa shape index (κ3) is 2.77. The van der Waals surface area contributed by atoms with Crippen LogP contribution < -0.4 is 5.32 Å². The molecule has 2 rings (SSSR count). The molecule has 0 aliphatic carbocycles. The first-order chi connectivity index (χ1) is 9.67. The lowest BCUT2D eigenvalue weighted by molar-refractivity contribution is 0.0519. The van der Waals surface area contributed by atoms with Crippen molar-refractivity contribution in [2.45, 2.75) is 19.9 Å². The Morgan fingerprint density at radius 2 is 2.20 bits per heavy atom. The van der Waals surface area contributed by atoms with Crippen LogP contribution in [0, 0.1) is 0 Å². The Hall–Kier alpha value is -2.43. The van der Waals surface area contributed by atoms with Crippen LogP contribution in [0.5, 0.6) is 0 Å². The van der Waals surface area contributed by atoms with Gasteiger partial charge in [0.25, 0.3) is 0 Å². The van der Waals surface area contributed by atoms with Crippen LogP contribution in [-0.4, -0.2) is 28.8 Å². The second kappa shape index (κ2) is 6.14. The SMILES string of the molecule is C=CC(C)Nc1c(C(=O)OCC)nnc2ccccc12. The van der Waals surface area contributed by atoms with E-state index in [1.807, 2.05) is 31.2 Å². The summed E-state index contributed by atoms with van der Waals surface area (Å²) >= 11 is 0. The second-order valence-electron chi connectivity index (χ2n) is 4.33. The van der Waals surface area contributed by atoms with E-state index in [4.69, 9.17) is 4.74 Å². The highest BCUT2D eigenvalue weighted by Gasteiger charge is 2.19. The Balaban J connectivity index is 2.58. The van der Waals surface area contributed by atoms with Gasteiger partial charge in [-0.25, -0.2) is 4.79 Å². The number of esters is 1. The van der Waals surface area contributed by atoms with Crippen LogP contribution in [0.25, 0.3) is 10.9 Å². The van der Waals surface area contributed by atoms with Crippen LogP contribution >= 0.6 is 0 Å². The van der Waals surface area contributed by atoms with Gasteiger partial charge in [0.05, 0.1) is 17.8 Å². The van der Waals surface area contributed by atoms with Crippen molar-refractivity contribution < 1.29 is 9.53 Å². The van der Waals surface area contributed by atoms with Gasteiger partial charge in [0.2, 0.25) is 0 Å². The number of hydrogen-bond donors (Lipinski definition) is 1. The third-order valence-corrected chi connectivity index (χ3v) is 2.86. The molecule has 0 aliphatic rings. The predicted molar refractivity (Wildman–Crippen MR) is 78.8 cm³/mol. The molecule has 104 valence electrons. The number of ether oxygens (including phenoxy) is 1. The number of benzene rings is 1. The lowest BCUT2D eigenvalue weighted by atomic mass is 10.1. The molecule has 20 heavy (non-hydrogen) atoms. The molecule has 5 nitrogen and oxygen atoms in total. The number of anilines is 1. The number of hydrogen-bond acceptors (Lipinski definition) is 5. The Morgan fingerprint density at radius 1 is 1.45 bits per heavy atom. The summed E-state index contributed by atoms with van der Waals surface area (Å²) in [6.07, 6.45) is 1.75. The molecule has 0 amide bonds. The summed E-state index contributed by atoms with van der Waals surface area (Å²) in [7, 11) is 0. The van der Waals surface area contributed by atoms with Crippen molar-refractivity contribution in [2.75, 3.05) is 11.9 Å². The highest BCUT2D eigenvalue weighted by Crippen LogP contribution is 2.25. The zero-order valence-corrected chi connectivity index (χ0v) is 11.6. The van der Waals surface area contributed by atoms with E-state index in [9.17, 15) is 4.79 Å². The van der Waals surface area contributed by atoms with Gasteiger partial charge >= 0.3 is 5.97 Å². The van der Waals surface area contributed by atoms with Gasteiger partial charge < -0.3 is 10.1 Å². The summed E-state index contributed by atoms with van der Waals surface area (Å²) in [5.41, 5.74) is 1.54. The Morgan fingerprint density at radius 3 is 2.90 bits per heavy atom. The minimum absolute atomic E-state index is 0.00390. The molecule has 0 saturated carbocycles. The number of nitrogens with one attached hydrogen (secondary N) is 1. The number of carbonyl (C=O) groups is 1. The van der Waals surface area contributed by atoms with Crippen molar-refractivity contribution in [3.8, 4) is 0 Å². The number of fused-ring (bicyclic) bond motifs is 1. The monoisotopic (exact) mass is 271 g/mol. The van der Waals surface area contributed by atoms with Gasteiger partial charge in [-0.05, 0) is 19.9 Å². The summed E-state index contributed by atoms with van der Waals surface area (Å²) in [4.78, 5) is 12.0. The largest absolute Gasteiger partial charge is 0.461 e. The molecule has 0 fully saturated rings. The molecular formula is C15H17N3O2. The van der Waals surface area contributed by atoms with Crippen LogP contribution in [0.3, 0.4) is 0 Å². The molecule has 0 aliphatic heterocycles. The zero-order valence-electron chi connectivity index (χ0n) is 11.6. The van der Waals surface area contributed by atoms with E-state index in [-0.39, 0.29) is 11.7 Å². The van der Waals surface area contributed by atoms with Crippen molar-refractivity contribution in [2.24, 2.45) is 0 Å². The number of rotatable bonds is 5. The molecule has 0 spiro atoms. The summed E-state index contributed by atoms with van der Waals surface area (Å²) in [6.45, 7) is 7.73. The normalized spacial score (nSPS) is 11.9. The van der Waals surface area contributed by atoms with Gasteiger partial charge in [0.1, 0.15) is 0 Å². The molecule has 1 unspecified atom stereocenters. The first-order valence-electron chi connectivity index (χ1n) is 6.49. The molecule has 0 radical (unpaired) electrons. The topological polar surface area (TPSA) is 64.1 Å². The van der Waals surface area contributed by atoms with Crippen LogP contribution in [0.4, 0.5) is 5.69 Å². The number of aromatic nitrogens is 2. The molecule has 1 aromatic heterocycles. The van der Waals surface area contributed by atoms with Crippen LogP contribution in [0.1, 0.15) is 24.3 Å². The van der Waals surface area contributed by atoms with E-state index in [1.54, 1.807) is 13.0 Å². The minimum Gasteiger partial charge on any atom is -0.461 e. The van der Waals surface area contributed by atoms with Gasteiger partial charge in [-0.2, -0.15) is 0 Å². The Kier molecular flexibility index (Phi) is 4.30. The van der Waals surface area contributed by atoms with E-state index in [1.165, 1.54) is 0 Å². The third-order valence-electron chi connectivity index (χ3n) is 2.86. The first kappa shape index (κ1) is 14.0. The lowest BCUT2D eigenvalue weighted by Crippen LogP contribution is -2.18. The maximum Gasteiger partial charge on any atom is 0.361 e. The fourth-order valence-electron chi connectivity index (χ4n) is 1.83. The Bertz CT molecular complexity index is 640. The fourth-order valence-corrected chi connectivity index (χ4v) is 1.83. The van der Waals surface area contributed by atoms with Gasteiger partial charge in [-0.1, -0.05) is 24.3 Å². The minimum atomic E-state index is -0.482. The molecule has 1 N–H and O–H groups in total. The van der Waals surface area contributed by atoms with Gasteiger partial charge in [-0.3, -0.25) is 0 Å². The van der Waals surface area contributed by atoms with Gasteiger partial charge in [0, 0.05) is 11.4 Å². The molecule has 5 heteroatoms.